The van der Waals surface area contributed by atoms with Gasteiger partial charge in [-0.25, -0.2) is 0 Å². The van der Waals surface area contributed by atoms with Gasteiger partial charge in [0.2, 0.25) is 0 Å². The van der Waals surface area contributed by atoms with Crippen molar-refractivity contribution >= 4 is 0 Å². The van der Waals surface area contributed by atoms with Crippen LogP contribution in [0, 0.1) is 11.3 Å². The Hall–Kier alpha value is -2.31. The minimum atomic E-state index is 0.125. The number of rotatable bonds is 3. The van der Waals surface area contributed by atoms with Gasteiger partial charge < -0.3 is 10.5 Å². The summed E-state index contributed by atoms with van der Waals surface area (Å²) in [5.74, 6) is 0.892. The summed E-state index contributed by atoms with van der Waals surface area (Å²) < 4.78 is 5.92. The molecular weight excluding hydrogens is 248 g/mol. The molecule has 0 aliphatic heterocycles. The first-order chi connectivity index (χ1) is 9.79. The monoisotopic (exact) mass is 264 g/mol. The molecule has 0 saturated heterocycles. The quantitative estimate of drug-likeness (QED) is 0.926. The van der Waals surface area contributed by atoms with Gasteiger partial charge in [0.25, 0.3) is 0 Å². The number of nitrogens with two attached hydrogens (primary N) is 1. The van der Waals surface area contributed by atoms with Crippen LogP contribution >= 0.6 is 0 Å². The second-order valence-corrected chi connectivity index (χ2v) is 5.03. The highest BCUT2D eigenvalue weighted by Gasteiger charge is 2.22. The molecule has 0 spiro atoms. The van der Waals surface area contributed by atoms with Crippen LogP contribution < -0.4 is 10.5 Å². The lowest BCUT2D eigenvalue weighted by atomic mass is 10.1. The van der Waals surface area contributed by atoms with Gasteiger partial charge in [0.15, 0.2) is 0 Å². The van der Waals surface area contributed by atoms with Crippen LogP contribution in [0.5, 0.6) is 5.75 Å². The predicted octanol–water partition coefficient (Wildman–Crippen LogP) is 3.08. The van der Waals surface area contributed by atoms with Crippen molar-refractivity contribution < 1.29 is 4.74 Å². The van der Waals surface area contributed by atoms with Gasteiger partial charge in [-0.1, -0.05) is 30.3 Å². The van der Waals surface area contributed by atoms with Crippen molar-refractivity contribution in [3.05, 3.63) is 64.7 Å². The van der Waals surface area contributed by atoms with Crippen LogP contribution in [0.15, 0.2) is 42.5 Å². The normalized spacial score (nSPS) is 16.5. The van der Waals surface area contributed by atoms with E-state index in [0.29, 0.717) is 12.2 Å². The summed E-state index contributed by atoms with van der Waals surface area (Å²) in [6, 6.07) is 15.9. The molecule has 3 nitrogen and oxygen atoms in total. The minimum absolute atomic E-state index is 0.125. The van der Waals surface area contributed by atoms with E-state index in [1.807, 2.05) is 36.4 Å². The first-order valence-electron chi connectivity index (χ1n) is 6.78. The minimum Gasteiger partial charge on any atom is -0.489 e. The standard InChI is InChI=1S/C17H16N2O/c18-10-12-4-1-2-5-13(12)11-20-17-7-3-6-14-15(17)8-9-16(14)19/h1-7,16H,8-9,11,19H2. The third-order valence-electron chi connectivity index (χ3n) is 3.80. The average molecular weight is 264 g/mol. The van der Waals surface area contributed by atoms with E-state index in [2.05, 4.69) is 12.1 Å². The van der Waals surface area contributed by atoms with Gasteiger partial charge in [0.05, 0.1) is 11.6 Å². The van der Waals surface area contributed by atoms with E-state index in [9.17, 15) is 0 Å². The van der Waals surface area contributed by atoms with E-state index in [4.69, 9.17) is 15.7 Å². The van der Waals surface area contributed by atoms with E-state index in [-0.39, 0.29) is 6.04 Å². The van der Waals surface area contributed by atoms with Crippen molar-refractivity contribution in [3.8, 4) is 11.8 Å². The van der Waals surface area contributed by atoms with E-state index >= 15 is 0 Å². The molecule has 20 heavy (non-hydrogen) atoms. The van der Waals surface area contributed by atoms with Gasteiger partial charge >= 0.3 is 0 Å². The maximum Gasteiger partial charge on any atom is 0.123 e. The summed E-state index contributed by atoms with van der Waals surface area (Å²) in [5.41, 5.74) is 10.1. The Bertz CT molecular complexity index is 673. The fourth-order valence-corrected chi connectivity index (χ4v) is 2.70. The van der Waals surface area contributed by atoms with E-state index in [0.717, 1.165) is 24.2 Å². The van der Waals surface area contributed by atoms with Gasteiger partial charge in [-0.3, -0.25) is 0 Å². The molecule has 2 N–H and O–H groups in total. The smallest absolute Gasteiger partial charge is 0.123 e. The van der Waals surface area contributed by atoms with Crippen molar-refractivity contribution in [1.82, 2.24) is 0 Å². The topological polar surface area (TPSA) is 59.0 Å². The molecule has 1 unspecified atom stereocenters. The van der Waals surface area contributed by atoms with E-state index in [1.54, 1.807) is 0 Å². The van der Waals surface area contributed by atoms with Crippen LogP contribution in [0.25, 0.3) is 0 Å². The van der Waals surface area contributed by atoms with Crippen molar-refractivity contribution in [2.75, 3.05) is 0 Å². The maximum atomic E-state index is 9.08. The summed E-state index contributed by atoms with van der Waals surface area (Å²) >= 11 is 0. The van der Waals surface area contributed by atoms with Crippen LogP contribution in [0.1, 0.15) is 34.7 Å². The number of hydrogen-bond donors (Lipinski definition) is 1. The van der Waals surface area contributed by atoms with E-state index in [1.165, 1.54) is 11.1 Å². The van der Waals surface area contributed by atoms with Gasteiger partial charge in [-0.2, -0.15) is 5.26 Å². The summed E-state index contributed by atoms with van der Waals surface area (Å²) in [6.45, 7) is 0.412. The van der Waals surface area contributed by atoms with Crippen molar-refractivity contribution in [3.63, 3.8) is 0 Å². The Balaban J connectivity index is 1.82. The third-order valence-corrected chi connectivity index (χ3v) is 3.80. The summed E-state index contributed by atoms with van der Waals surface area (Å²) in [6.07, 6.45) is 1.94. The maximum absolute atomic E-state index is 9.08. The van der Waals surface area contributed by atoms with Gasteiger partial charge in [-0.15, -0.1) is 0 Å². The zero-order chi connectivity index (χ0) is 13.9. The Morgan fingerprint density at radius 2 is 2.05 bits per heavy atom. The molecule has 0 amide bonds. The molecule has 3 rings (SSSR count). The molecule has 1 aliphatic carbocycles. The molecule has 2 aromatic rings. The second-order valence-electron chi connectivity index (χ2n) is 5.03. The Kier molecular flexibility index (Phi) is 3.41. The van der Waals surface area contributed by atoms with E-state index < -0.39 is 0 Å². The fraction of sp³-hybridized carbons (Fsp3) is 0.235. The van der Waals surface area contributed by atoms with Gasteiger partial charge in [-0.05, 0) is 36.1 Å². The molecule has 100 valence electrons. The second kappa shape index (κ2) is 5.36. The third kappa shape index (κ3) is 2.26. The molecule has 0 fully saturated rings. The van der Waals surface area contributed by atoms with Crippen molar-refractivity contribution in [2.45, 2.75) is 25.5 Å². The molecule has 0 aromatic heterocycles. The van der Waals surface area contributed by atoms with Crippen LogP contribution in [0.4, 0.5) is 0 Å². The van der Waals surface area contributed by atoms with Crippen molar-refractivity contribution in [1.29, 1.82) is 5.26 Å². The highest BCUT2D eigenvalue weighted by atomic mass is 16.5. The number of fused-ring (bicyclic) bond motifs is 1. The molecule has 1 atom stereocenters. The number of nitriles is 1. The Morgan fingerprint density at radius 3 is 2.90 bits per heavy atom. The van der Waals surface area contributed by atoms with Gasteiger partial charge in [0.1, 0.15) is 12.4 Å². The molecule has 2 aromatic carbocycles. The number of hydrogen-bond acceptors (Lipinski definition) is 3. The van der Waals surface area contributed by atoms with Crippen molar-refractivity contribution in [2.24, 2.45) is 5.73 Å². The molecule has 0 bridgehead atoms. The van der Waals surface area contributed by atoms with Crippen LogP contribution in [0.3, 0.4) is 0 Å². The summed E-state index contributed by atoms with van der Waals surface area (Å²) in [4.78, 5) is 0. The molecule has 0 radical (unpaired) electrons. The lowest BCUT2D eigenvalue weighted by molar-refractivity contribution is 0.303. The summed E-state index contributed by atoms with van der Waals surface area (Å²) in [5, 5.41) is 9.08. The van der Waals surface area contributed by atoms with Gasteiger partial charge in [0, 0.05) is 11.6 Å². The SMILES string of the molecule is N#Cc1ccccc1COc1cccc2c1CCC2N. The van der Waals surface area contributed by atoms with Crippen LogP contribution in [-0.4, -0.2) is 0 Å². The number of nitrogens with zero attached hydrogens (tertiary/aromatic N) is 1. The molecule has 1 aliphatic rings. The van der Waals surface area contributed by atoms with Crippen LogP contribution in [-0.2, 0) is 13.0 Å². The Labute approximate surface area is 118 Å². The lowest BCUT2D eigenvalue weighted by Crippen LogP contribution is -2.05. The zero-order valence-electron chi connectivity index (χ0n) is 11.2. The first kappa shape index (κ1) is 12.7. The predicted molar refractivity (Wildman–Crippen MR) is 77.2 cm³/mol. The molecule has 0 saturated carbocycles. The largest absolute Gasteiger partial charge is 0.489 e. The average Bonchev–Trinajstić information content (AvgIpc) is 2.88. The zero-order valence-corrected chi connectivity index (χ0v) is 11.2. The Morgan fingerprint density at radius 1 is 1.20 bits per heavy atom. The highest BCUT2D eigenvalue weighted by Crippen LogP contribution is 2.35. The summed E-state index contributed by atoms with van der Waals surface area (Å²) in [7, 11) is 0. The molecular formula is C17H16N2O. The fourth-order valence-electron chi connectivity index (χ4n) is 2.70. The highest BCUT2D eigenvalue weighted by molar-refractivity contribution is 5.45. The molecule has 3 heteroatoms. The lowest BCUT2D eigenvalue weighted by Gasteiger charge is -2.12. The molecule has 0 heterocycles. The van der Waals surface area contributed by atoms with Crippen LogP contribution in [0.2, 0.25) is 0 Å². The number of ether oxygens (including phenoxy) is 1. The first-order valence-corrected chi connectivity index (χ1v) is 6.78. The number of benzene rings is 2.